The van der Waals surface area contributed by atoms with E-state index in [9.17, 15) is 9.18 Å². The van der Waals surface area contributed by atoms with E-state index in [1.807, 2.05) is 13.0 Å². The number of amides is 1. The predicted octanol–water partition coefficient (Wildman–Crippen LogP) is 1.68. The van der Waals surface area contributed by atoms with Gasteiger partial charge in [0.05, 0.1) is 12.0 Å². The fourth-order valence-electron chi connectivity index (χ4n) is 5.02. The van der Waals surface area contributed by atoms with Crippen LogP contribution in [0, 0.1) is 11.7 Å². The van der Waals surface area contributed by atoms with Crippen LogP contribution < -0.4 is 16.0 Å². The van der Waals surface area contributed by atoms with Crippen molar-refractivity contribution in [3.63, 3.8) is 0 Å². The highest BCUT2D eigenvalue weighted by Gasteiger charge is 2.31. The second-order valence-electron chi connectivity index (χ2n) is 9.20. The topological polar surface area (TPSA) is 111 Å². The van der Waals surface area contributed by atoms with Gasteiger partial charge in [0.2, 0.25) is 0 Å². The van der Waals surface area contributed by atoms with Gasteiger partial charge in [-0.15, -0.1) is 10.2 Å². The monoisotopic (exact) mass is 467 g/mol. The molecular formula is C24H30FN7O2. The molecule has 2 aliphatic rings. The lowest BCUT2D eigenvalue weighted by molar-refractivity contribution is 0.0927. The summed E-state index contributed by atoms with van der Waals surface area (Å²) in [5.74, 6) is 0.506. The van der Waals surface area contributed by atoms with Crippen molar-refractivity contribution >= 4 is 22.8 Å². The largest absolute Gasteiger partial charge is 0.384 e. The van der Waals surface area contributed by atoms with Crippen LogP contribution in [0.2, 0.25) is 0 Å². The van der Waals surface area contributed by atoms with Gasteiger partial charge in [-0.05, 0) is 43.9 Å². The van der Waals surface area contributed by atoms with Crippen molar-refractivity contribution in [2.24, 2.45) is 11.7 Å². The van der Waals surface area contributed by atoms with Gasteiger partial charge in [-0.3, -0.25) is 4.79 Å². The van der Waals surface area contributed by atoms with Crippen LogP contribution in [0.4, 0.5) is 10.2 Å². The number of hydrogen-bond donors (Lipinski definition) is 2. The zero-order valence-corrected chi connectivity index (χ0v) is 19.5. The van der Waals surface area contributed by atoms with E-state index in [-0.39, 0.29) is 23.7 Å². The normalized spacial score (nSPS) is 22.2. The molecule has 5 rings (SSSR count). The molecule has 0 saturated carbocycles. The van der Waals surface area contributed by atoms with Crippen LogP contribution >= 0.6 is 0 Å². The number of pyridine rings is 1. The van der Waals surface area contributed by atoms with Crippen LogP contribution in [0.1, 0.15) is 35.1 Å². The van der Waals surface area contributed by atoms with E-state index < -0.39 is 5.82 Å². The molecule has 3 N–H and O–H groups in total. The molecule has 1 amide bonds. The Morgan fingerprint density at radius 2 is 2.18 bits per heavy atom. The van der Waals surface area contributed by atoms with Crippen LogP contribution in [0.3, 0.4) is 0 Å². The molecule has 4 heterocycles. The number of aromatic nitrogens is 4. The highest BCUT2D eigenvalue weighted by molar-refractivity contribution is 5.95. The summed E-state index contributed by atoms with van der Waals surface area (Å²) >= 11 is 0. The molecule has 34 heavy (non-hydrogen) atoms. The minimum absolute atomic E-state index is 0.0403. The van der Waals surface area contributed by atoms with Crippen LogP contribution in [-0.2, 0) is 24.1 Å². The van der Waals surface area contributed by atoms with Crippen molar-refractivity contribution in [3.05, 3.63) is 47.2 Å². The minimum atomic E-state index is -0.401. The molecule has 3 aromatic rings. The number of methoxy groups -OCH3 is 1. The fourth-order valence-corrected chi connectivity index (χ4v) is 5.02. The lowest BCUT2D eigenvalue weighted by atomic mass is 9.91. The minimum Gasteiger partial charge on any atom is -0.384 e. The van der Waals surface area contributed by atoms with Gasteiger partial charge in [0.1, 0.15) is 5.82 Å². The van der Waals surface area contributed by atoms with Gasteiger partial charge in [0, 0.05) is 56.6 Å². The molecule has 10 heteroatoms. The third-order valence-corrected chi connectivity index (χ3v) is 6.93. The van der Waals surface area contributed by atoms with Crippen LogP contribution in [0.25, 0.3) is 11.0 Å². The Kier molecular flexibility index (Phi) is 6.18. The maximum Gasteiger partial charge on any atom is 0.272 e. The summed E-state index contributed by atoms with van der Waals surface area (Å²) in [6.45, 7) is 4.74. The predicted molar refractivity (Wildman–Crippen MR) is 126 cm³/mol. The number of nitrogens with two attached hydrogens (primary N) is 1. The van der Waals surface area contributed by atoms with Gasteiger partial charge in [-0.25, -0.2) is 9.37 Å². The van der Waals surface area contributed by atoms with E-state index in [0.717, 1.165) is 43.0 Å². The lowest BCUT2D eigenvalue weighted by Crippen LogP contribution is -2.39. The summed E-state index contributed by atoms with van der Waals surface area (Å²) in [7, 11) is 1.70. The highest BCUT2D eigenvalue weighted by Crippen LogP contribution is 2.27. The van der Waals surface area contributed by atoms with Gasteiger partial charge in [0.25, 0.3) is 5.91 Å². The van der Waals surface area contributed by atoms with Crippen molar-refractivity contribution in [2.45, 2.75) is 44.8 Å². The van der Waals surface area contributed by atoms with Crippen molar-refractivity contribution in [1.82, 2.24) is 25.1 Å². The first-order chi connectivity index (χ1) is 16.5. The number of carbonyl (C=O) groups is 1. The Hall–Kier alpha value is -3.11. The first-order valence-corrected chi connectivity index (χ1v) is 11.8. The van der Waals surface area contributed by atoms with E-state index >= 15 is 0 Å². The second-order valence-corrected chi connectivity index (χ2v) is 9.20. The summed E-state index contributed by atoms with van der Waals surface area (Å²) in [4.78, 5) is 19.9. The van der Waals surface area contributed by atoms with E-state index in [1.165, 1.54) is 12.3 Å². The van der Waals surface area contributed by atoms with Gasteiger partial charge < -0.3 is 25.3 Å². The zero-order valence-electron chi connectivity index (χ0n) is 19.5. The SMILES string of the molecule is CCn1cc(F)c2cc(C(=O)NC3CCc4nc(N5CC(N)C(COC)C5)ccc4C3)nnc21. The maximum atomic E-state index is 14.2. The second kappa shape index (κ2) is 9.27. The molecule has 9 nitrogen and oxygen atoms in total. The number of rotatable bonds is 6. The smallest absolute Gasteiger partial charge is 0.272 e. The number of ether oxygens (including phenoxy) is 1. The number of fused-ring (bicyclic) bond motifs is 2. The lowest BCUT2D eigenvalue weighted by Gasteiger charge is -2.26. The molecule has 180 valence electrons. The summed E-state index contributed by atoms with van der Waals surface area (Å²) < 4.78 is 21.2. The Balaban J connectivity index is 1.25. The van der Waals surface area contributed by atoms with Gasteiger partial charge in [0.15, 0.2) is 17.2 Å². The molecule has 0 radical (unpaired) electrons. The quantitative estimate of drug-likeness (QED) is 0.567. The third kappa shape index (κ3) is 4.23. The van der Waals surface area contributed by atoms with Crippen molar-refractivity contribution in [2.75, 3.05) is 31.7 Å². The fraction of sp³-hybridized carbons (Fsp3) is 0.500. The molecule has 3 atom stereocenters. The highest BCUT2D eigenvalue weighted by atomic mass is 19.1. The molecule has 1 aliphatic heterocycles. The average Bonchev–Trinajstić information content (AvgIpc) is 3.37. The summed E-state index contributed by atoms with van der Waals surface area (Å²) in [6.07, 6.45) is 3.62. The molecule has 1 saturated heterocycles. The number of aryl methyl sites for hydroxylation is 2. The first-order valence-electron chi connectivity index (χ1n) is 11.8. The average molecular weight is 468 g/mol. The van der Waals surface area contributed by atoms with Gasteiger partial charge >= 0.3 is 0 Å². The van der Waals surface area contributed by atoms with Crippen molar-refractivity contribution in [3.8, 4) is 0 Å². The summed E-state index contributed by atoms with van der Waals surface area (Å²) in [6, 6.07) is 5.64. The molecule has 0 spiro atoms. The Morgan fingerprint density at radius 1 is 1.32 bits per heavy atom. The van der Waals surface area contributed by atoms with Crippen LogP contribution in [0.5, 0.6) is 0 Å². The molecule has 3 unspecified atom stereocenters. The van der Waals surface area contributed by atoms with Crippen LogP contribution in [-0.4, -0.2) is 64.5 Å². The van der Waals surface area contributed by atoms with Crippen LogP contribution in [0.15, 0.2) is 24.4 Å². The van der Waals surface area contributed by atoms with Crippen molar-refractivity contribution < 1.29 is 13.9 Å². The Morgan fingerprint density at radius 3 is 2.97 bits per heavy atom. The molecule has 0 aromatic carbocycles. The standard InChI is InChI=1S/C24H30FN7O2/c1-3-31-11-18(25)17-9-21(29-30-23(17)31)24(33)27-16-5-6-20-14(8-16)4-7-22(28-20)32-10-15(13-34-2)19(26)12-32/h4,7,9,11,15-16,19H,3,5-6,8,10,12-13,26H2,1-2H3,(H,27,33). The number of hydrogen-bond acceptors (Lipinski definition) is 7. The number of carbonyl (C=O) groups excluding carboxylic acids is 1. The Bertz CT molecular complexity index is 1210. The molecule has 1 aliphatic carbocycles. The molecule has 1 fully saturated rings. The maximum absolute atomic E-state index is 14.2. The molecule has 0 bridgehead atoms. The number of halogens is 1. The summed E-state index contributed by atoms with van der Waals surface area (Å²) in [5, 5.41) is 11.5. The molecular weight excluding hydrogens is 437 g/mol. The number of nitrogens with zero attached hydrogens (tertiary/aromatic N) is 5. The summed E-state index contributed by atoms with van der Waals surface area (Å²) in [5.41, 5.74) is 9.03. The third-order valence-electron chi connectivity index (χ3n) is 6.93. The van der Waals surface area contributed by atoms with Gasteiger partial charge in [-0.1, -0.05) is 6.07 Å². The van der Waals surface area contributed by atoms with E-state index in [0.29, 0.717) is 36.5 Å². The van der Waals surface area contributed by atoms with Crippen molar-refractivity contribution in [1.29, 1.82) is 0 Å². The number of anilines is 1. The first kappa shape index (κ1) is 22.7. The Labute approximate surface area is 197 Å². The van der Waals surface area contributed by atoms with E-state index in [1.54, 1.807) is 11.7 Å². The number of nitrogens with one attached hydrogen (secondary N) is 1. The molecule has 3 aromatic heterocycles. The zero-order chi connectivity index (χ0) is 23.8. The van der Waals surface area contributed by atoms with E-state index in [4.69, 9.17) is 15.5 Å². The van der Waals surface area contributed by atoms with Gasteiger partial charge in [-0.2, -0.15) is 0 Å². The van der Waals surface area contributed by atoms with E-state index in [2.05, 4.69) is 26.5 Å².